The zero-order valence-corrected chi connectivity index (χ0v) is 17.9. The van der Waals surface area contributed by atoms with Gasteiger partial charge in [0.2, 0.25) is 0 Å². The second-order valence-corrected chi connectivity index (χ2v) is 8.33. The van der Waals surface area contributed by atoms with Crippen LogP contribution in [0.25, 0.3) is 6.08 Å². The molecule has 4 nitrogen and oxygen atoms in total. The van der Waals surface area contributed by atoms with Gasteiger partial charge >= 0.3 is 0 Å². The monoisotopic (exact) mass is 450 g/mol. The predicted octanol–water partition coefficient (Wildman–Crippen LogP) is 5.32. The van der Waals surface area contributed by atoms with E-state index in [0.717, 1.165) is 15.4 Å². The number of nitrogens with zero attached hydrogens (tertiary/aromatic N) is 1. The fourth-order valence-electron chi connectivity index (χ4n) is 2.93. The van der Waals surface area contributed by atoms with Crippen molar-refractivity contribution in [3.63, 3.8) is 0 Å². The number of halogens is 1. The molecule has 1 fully saturated rings. The van der Waals surface area contributed by atoms with E-state index in [1.165, 1.54) is 4.90 Å². The molecule has 4 rings (SSSR count). The number of hydrogen-bond donors (Lipinski definition) is 1. The average molecular weight is 451 g/mol. The van der Waals surface area contributed by atoms with Crippen molar-refractivity contribution >= 4 is 64.3 Å². The van der Waals surface area contributed by atoms with Gasteiger partial charge in [-0.3, -0.25) is 19.8 Å². The van der Waals surface area contributed by atoms with Crippen LogP contribution in [0.15, 0.2) is 94.2 Å². The van der Waals surface area contributed by atoms with Crippen molar-refractivity contribution in [1.29, 1.82) is 0 Å². The van der Waals surface area contributed by atoms with Crippen molar-refractivity contribution in [3.8, 4) is 0 Å². The Labute approximate surface area is 188 Å². The SMILES string of the molecule is O=C1NC(=S)N(c2ccccc2Cl)C(=O)/C1=C/c1ccc(Sc2ccccc2)cc1. The minimum atomic E-state index is -0.531. The molecule has 30 heavy (non-hydrogen) atoms. The van der Waals surface area contributed by atoms with E-state index in [-0.39, 0.29) is 10.7 Å². The molecule has 1 heterocycles. The Balaban J connectivity index is 1.60. The van der Waals surface area contributed by atoms with Crippen LogP contribution in [0.4, 0.5) is 5.69 Å². The number of nitrogens with one attached hydrogen (secondary N) is 1. The number of hydrogen-bond acceptors (Lipinski definition) is 4. The summed E-state index contributed by atoms with van der Waals surface area (Å²) >= 11 is 13.1. The van der Waals surface area contributed by atoms with Gasteiger partial charge in [0.1, 0.15) is 5.57 Å². The van der Waals surface area contributed by atoms with Crippen molar-refractivity contribution in [2.24, 2.45) is 0 Å². The largest absolute Gasteiger partial charge is 0.298 e. The molecule has 0 spiro atoms. The maximum absolute atomic E-state index is 13.1. The van der Waals surface area contributed by atoms with Gasteiger partial charge in [0.05, 0.1) is 10.7 Å². The normalized spacial score (nSPS) is 15.4. The zero-order valence-electron chi connectivity index (χ0n) is 15.5. The Hall–Kier alpha value is -2.93. The van der Waals surface area contributed by atoms with Crippen LogP contribution in [0.5, 0.6) is 0 Å². The number of carbonyl (C=O) groups excluding carboxylic acids is 2. The molecule has 0 unspecified atom stereocenters. The summed E-state index contributed by atoms with van der Waals surface area (Å²) in [6, 6.07) is 24.5. The van der Waals surface area contributed by atoms with Crippen molar-refractivity contribution in [3.05, 3.63) is 95.0 Å². The van der Waals surface area contributed by atoms with E-state index in [1.54, 1.807) is 42.1 Å². The summed E-state index contributed by atoms with van der Waals surface area (Å²) in [7, 11) is 0. The summed E-state index contributed by atoms with van der Waals surface area (Å²) in [4.78, 5) is 28.9. The van der Waals surface area contributed by atoms with Gasteiger partial charge in [-0.25, -0.2) is 0 Å². The van der Waals surface area contributed by atoms with Crippen LogP contribution >= 0.6 is 35.6 Å². The highest BCUT2D eigenvalue weighted by atomic mass is 35.5. The minimum absolute atomic E-state index is 0.00450. The number of para-hydroxylation sites is 1. The first-order chi connectivity index (χ1) is 14.5. The lowest BCUT2D eigenvalue weighted by Crippen LogP contribution is -2.54. The van der Waals surface area contributed by atoms with Crippen molar-refractivity contribution < 1.29 is 9.59 Å². The summed E-state index contributed by atoms with van der Waals surface area (Å²) in [6.45, 7) is 0. The summed E-state index contributed by atoms with van der Waals surface area (Å²) in [5.74, 6) is -1.05. The maximum atomic E-state index is 13.1. The van der Waals surface area contributed by atoms with Crippen LogP contribution in [0.1, 0.15) is 5.56 Å². The Bertz CT molecular complexity index is 1160. The number of rotatable bonds is 4. The standard InChI is InChI=1S/C23H15ClN2O2S2/c24-19-8-4-5-9-20(19)26-22(28)18(21(27)25-23(26)29)14-15-10-12-17(13-11-15)30-16-6-2-1-3-7-16/h1-14H,(H,25,27,29)/b18-14+. The first-order valence-electron chi connectivity index (χ1n) is 9.02. The van der Waals surface area contributed by atoms with Gasteiger partial charge in [0, 0.05) is 9.79 Å². The highest BCUT2D eigenvalue weighted by molar-refractivity contribution is 7.99. The van der Waals surface area contributed by atoms with E-state index in [1.807, 2.05) is 54.6 Å². The molecule has 7 heteroatoms. The van der Waals surface area contributed by atoms with E-state index < -0.39 is 11.8 Å². The molecule has 0 saturated carbocycles. The van der Waals surface area contributed by atoms with E-state index in [2.05, 4.69) is 5.32 Å². The quantitative estimate of drug-likeness (QED) is 0.332. The number of thiocarbonyl (C=S) groups is 1. The molecule has 0 radical (unpaired) electrons. The van der Waals surface area contributed by atoms with Gasteiger partial charge in [-0.05, 0) is 60.3 Å². The molecule has 0 bridgehead atoms. The molecule has 1 aliphatic rings. The molecule has 1 aliphatic heterocycles. The van der Waals surface area contributed by atoms with E-state index in [4.69, 9.17) is 23.8 Å². The highest BCUT2D eigenvalue weighted by Crippen LogP contribution is 2.30. The van der Waals surface area contributed by atoms with Crippen molar-refractivity contribution in [2.75, 3.05) is 4.90 Å². The second kappa shape index (κ2) is 8.83. The third kappa shape index (κ3) is 4.31. The Morgan fingerprint density at radius 1 is 0.867 bits per heavy atom. The molecule has 1 saturated heterocycles. The molecule has 3 aromatic rings. The molecule has 1 N–H and O–H groups in total. The van der Waals surface area contributed by atoms with Crippen LogP contribution < -0.4 is 10.2 Å². The molecule has 0 aliphatic carbocycles. The van der Waals surface area contributed by atoms with E-state index in [9.17, 15) is 9.59 Å². The fraction of sp³-hybridized carbons (Fsp3) is 0. The van der Waals surface area contributed by atoms with Crippen LogP contribution in [0.2, 0.25) is 5.02 Å². The molecule has 0 atom stereocenters. The van der Waals surface area contributed by atoms with Crippen LogP contribution in [0.3, 0.4) is 0 Å². The topological polar surface area (TPSA) is 49.4 Å². The molecular weight excluding hydrogens is 436 g/mol. The number of amides is 2. The van der Waals surface area contributed by atoms with Crippen LogP contribution in [-0.2, 0) is 9.59 Å². The van der Waals surface area contributed by atoms with Crippen LogP contribution in [0, 0.1) is 0 Å². The van der Waals surface area contributed by atoms with Gasteiger partial charge in [-0.2, -0.15) is 0 Å². The number of anilines is 1. The zero-order chi connectivity index (χ0) is 21.1. The van der Waals surface area contributed by atoms with Crippen LogP contribution in [-0.4, -0.2) is 16.9 Å². The third-order valence-electron chi connectivity index (χ3n) is 4.37. The second-order valence-electron chi connectivity index (χ2n) is 6.39. The van der Waals surface area contributed by atoms with Gasteiger partial charge in [-0.1, -0.05) is 65.8 Å². The molecule has 2 amide bonds. The first-order valence-corrected chi connectivity index (χ1v) is 10.6. The smallest absolute Gasteiger partial charge is 0.270 e. The van der Waals surface area contributed by atoms with Gasteiger partial charge in [-0.15, -0.1) is 0 Å². The molecular formula is C23H15ClN2O2S2. The summed E-state index contributed by atoms with van der Waals surface area (Å²) in [5.41, 5.74) is 1.15. The lowest BCUT2D eigenvalue weighted by atomic mass is 10.1. The molecule has 148 valence electrons. The van der Waals surface area contributed by atoms with Gasteiger partial charge < -0.3 is 0 Å². The predicted molar refractivity (Wildman–Crippen MR) is 125 cm³/mol. The minimum Gasteiger partial charge on any atom is -0.298 e. The first kappa shape index (κ1) is 20.3. The molecule has 0 aromatic heterocycles. The maximum Gasteiger partial charge on any atom is 0.270 e. The van der Waals surface area contributed by atoms with Gasteiger partial charge in [0.25, 0.3) is 11.8 Å². The van der Waals surface area contributed by atoms with Crippen molar-refractivity contribution in [2.45, 2.75) is 9.79 Å². The lowest BCUT2D eigenvalue weighted by Gasteiger charge is -2.29. The summed E-state index contributed by atoms with van der Waals surface area (Å²) in [6.07, 6.45) is 1.56. The Morgan fingerprint density at radius 3 is 2.20 bits per heavy atom. The lowest BCUT2D eigenvalue weighted by molar-refractivity contribution is -0.122. The Kier molecular flexibility index (Phi) is 5.99. The van der Waals surface area contributed by atoms with E-state index in [0.29, 0.717) is 10.7 Å². The highest BCUT2D eigenvalue weighted by Gasteiger charge is 2.35. The Morgan fingerprint density at radius 2 is 1.50 bits per heavy atom. The number of benzene rings is 3. The fourth-order valence-corrected chi connectivity index (χ4v) is 4.26. The summed E-state index contributed by atoms with van der Waals surface area (Å²) < 4.78 is 0. The third-order valence-corrected chi connectivity index (χ3v) is 5.99. The van der Waals surface area contributed by atoms with Gasteiger partial charge in [0.15, 0.2) is 5.11 Å². The summed E-state index contributed by atoms with van der Waals surface area (Å²) in [5, 5.41) is 2.94. The van der Waals surface area contributed by atoms with E-state index >= 15 is 0 Å². The number of carbonyl (C=O) groups is 2. The van der Waals surface area contributed by atoms with Crippen molar-refractivity contribution in [1.82, 2.24) is 5.32 Å². The average Bonchev–Trinajstić information content (AvgIpc) is 2.74. The molecule has 3 aromatic carbocycles.